The highest BCUT2D eigenvalue weighted by molar-refractivity contribution is 6.05. The summed E-state index contributed by atoms with van der Waals surface area (Å²) < 4.78 is 63.8. The summed E-state index contributed by atoms with van der Waals surface area (Å²) in [6.45, 7) is 7.79. The summed E-state index contributed by atoms with van der Waals surface area (Å²) in [5.74, 6) is -0.378. The molecule has 15 heteroatoms. The quantitative estimate of drug-likeness (QED) is 0.113. The maximum atomic E-state index is 15.2. The molecule has 11 nitrogen and oxygen atoms in total. The molecule has 0 radical (unpaired) electrons. The zero-order valence-corrected chi connectivity index (χ0v) is 30.9. The Labute approximate surface area is 316 Å². The van der Waals surface area contributed by atoms with E-state index in [0.29, 0.717) is 29.2 Å². The second-order valence-corrected chi connectivity index (χ2v) is 13.9. The van der Waals surface area contributed by atoms with E-state index >= 15 is 4.39 Å². The minimum Gasteiger partial charge on any atom is -0.489 e. The number of benzene rings is 3. The maximum absolute atomic E-state index is 15.2. The number of hydrogen-bond donors (Lipinski definition) is 4. The number of halogens is 4. The van der Waals surface area contributed by atoms with Crippen molar-refractivity contribution >= 4 is 46.4 Å². The molecule has 4 aromatic rings. The highest BCUT2D eigenvalue weighted by Gasteiger charge is 2.35. The minimum absolute atomic E-state index is 0.136. The lowest BCUT2D eigenvalue weighted by Gasteiger charge is -2.33. The molecule has 0 saturated carbocycles. The molecule has 0 spiro atoms. The van der Waals surface area contributed by atoms with Crippen LogP contribution in [0.3, 0.4) is 0 Å². The molecule has 1 aromatic heterocycles. The van der Waals surface area contributed by atoms with E-state index in [1.54, 1.807) is 24.3 Å². The van der Waals surface area contributed by atoms with Gasteiger partial charge in [0.1, 0.15) is 17.4 Å². The number of likely N-dealkylation sites (tertiary alicyclic amines) is 1. The number of imide groups is 1. The van der Waals surface area contributed by atoms with E-state index in [-0.39, 0.29) is 53.7 Å². The number of nitrogens with one attached hydrogen (secondary N) is 4. The van der Waals surface area contributed by atoms with Crippen molar-refractivity contribution in [2.24, 2.45) is 0 Å². The van der Waals surface area contributed by atoms with E-state index < -0.39 is 29.5 Å². The Morgan fingerprint density at radius 2 is 1.73 bits per heavy atom. The predicted octanol–water partition coefficient (Wildman–Crippen LogP) is 8.01. The van der Waals surface area contributed by atoms with Crippen LogP contribution in [0, 0.1) is 12.7 Å². The first-order chi connectivity index (χ1) is 26.2. The van der Waals surface area contributed by atoms with Crippen molar-refractivity contribution in [1.82, 2.24) is 20.5 Å². The number of hydrogen-bond acceptors (Lipinski definition) is 8. The van der Waals surface area contributed by atoms with E-state index in [1.807, 2.05) is 32.9 Å². The van der Waals surface area contributed by atoms with Gasteiger partial charge in [-0.3, -0.25) is 24.7 Å². The van der Waals surface area contributed by atoms with Gasteiger partial charge in [-0.1, -0.05) is 18.2 Å². The van der Waals surface area contributed by atoms with Gasteiger partial charge < -0.3 is 20.7 Å². The van der Waals surface area contributed by atoms with Crippen LogP contribution in [-0.2, 0) is 17.5 Å². The molecule has 3 heterocycles. The third-order valence-corrected chi connectivity index (χ3v) is 9.69. The predicted molar refractivity (Wildman–Crippen MR) is 202 cm³/mol. The molecule has 290 valence electrons. The van der Waals surface area contributed by atoms with Gasteiger partial charge in [0, 0.05) is 50.1 Å². The van der Waals surface area contributed by atoms with Crippen molar-refractivity contribution in [2.75, 3.05) is 42.2 Å². The molecule has 4 N–H and O–H groups in total. The van der Waals surface area contributed by atoms with Gasteiger partial charge in [0.25, 0.3) is 5.91 Å². The molecule has 2 saturated heterocycles. The number of carbonyl (C=O) groups is 3. The van der Waals surface area contributed by atoms with Gasteiger partial charge in [0.2, 0.25) is 5.91 Å². The van der Waals surface area contributed by atoms with E-state index in [4.69, 9.17) is 4.74 Å². The van der Waals surface area contributed by atoms with Gasteiger partial charge >= 0.3 is 12.2 Å². The molecule has 0 unspecified atom stereocenters. The summed E-state index contributed by atoms with van der Waals surface area (Å²) in [7, 11) is 1.44. The first kappa shape index (κ1) is 39.0. The standard InChI is InChI=1S/C40H43F4N7O4/c1-23(2)55-35-19-29(25-11-14-50(15-12-25)22-26-9-10-27(18-31(26)41)51-16-13-37(52)49-39(51)54)24(3)17-34(35)48-36-20-33(30(21-46-36)40(42,43)44)47-32-8-6-5-7-28(32)38(53)45-4/h5-10,17-21,23,25H,11-16,22H2,1-4H3,(H,45,53)(H2,46,47,48)(H,49,52,54). The van der Waals surface area contributed by atoms with Crippen LogP contribution in [-0.4, -0.2) is 60.5 Å². The van der Waals surface area contributed by atoms with Crippen LogP contribution < -0.4 is 30.9 Å². The van der Waals surface area contributed by atoms with Crippen molar-refractivity contribution in [2.45, 2.75) is 64.8 Å². The lowest BCUT2D eigenvalue weighted by molar-refractivity contribution is -0.137. The van der Waals surface area contributed by atoms with Crippen LogP contribution >= 0.6 is 0 Å². The summed E-state index contributed by atoms with van der Waals surface area (Å²) in [5.41, 5.74) is 2.60. The minimum atomic E-state index is -4.72. The van der Waals surface area contributed by atoms with Crippen molar-refractivity contribution in [3.05, 3.63) is 100 Å². The van der Waals surface area contributed by atoms with Crippen molar-refractivity contribution in [3.8, 4) is 5.75 Å². The fourth-order valence-corrected chi connectivity index (χ4v) is 6.94. The van der Waals surface area contributed by atoms with Crippen LogP contribution in [0.5, 0.6) is 5.75 Å². The zero-order chi connectivity index (χ0) is 39.4. The summed E-state index contributed by atoms with van der Waals surface area (Å²) >= 11 is 0. The van der Waals surface area contributed by atoms with E-state index in [2.05, 4.69) is 31.2 Å². The summed E-state index contributed by atoms with van der Waals surface area (Å²) in [6, 6.07) is 15.6. The van der Waals surface area contributed by atoms with E-state index in [1.165, 1.54) is 36.2 Å². The smallest absolute Gasteiger partial charge is 0.419 e. The molecule has 6 rings (SSSR count). The number of urea groups is 1. The molecule has 2 fully saturated rings. The van der Waals surface area contributed by atoms with Gasteiger partial charge in [-0.25, -0.2) is 14.2 Å². The number of pyridine rings is 1. The third-order valence-electron chi connectivity index (χ3n) is 9.69. The number of amides is 4. The number of alkyl halides is 3. The Hall–Kier alpha value is -5.70. The summed E-state index contributed by atoms with van der Waals surface area (Å²) in [6.07, 6.45) is -2.40. The Bertz CT molecular complexity index is 2080. The summed E-state index contributed by atoms with van der Waals surface area (Å²) in [5, 5.41) is 10.7. The third kappa shape index (κ3) is 9.16. The Morgan fingerprint density at radius 1 is 0.982 bits per heavy atom. The Kier molecular flexibility index (Phi) is 11.6. The number of para-hydroxylation sites is 1. The first-order valence-corrected chi connectivity index (χ1v) is 18.1. The molecule has 4 amide bonds. The van der Waals surface area contributed by atoms with Gasteiger partial charge in [-0.15, -0.1) is 0 Å². The lowest BCUT2D eigenvalue weighted by Crippen LogP contribution is -2.49. The van der Waals surface area contributed by atoms with Gasteiger partial charge in [0.15, 0.2) is 0 Å². The monoisotopic (exact) mass is 761 g/mol. The van der Waals surface area contributed by atoms with Crippen LogP contribution in [0.4, 0.5) is 50.9 Å². The van der Waals surface area contributed by atoms with Gasteiger partial charge in [-0.2, -0.15) is 13.2 Å². The molecular weight excluding hydrogens is 718 g/mol. The molecular formula is C40H43F4N7O4. The fraction of sp³-hybridized carbons (Fsp3) is 0.350. The van der Waals surface area contributed by atoms with Crippen molar-refractivity contribution in [1.29, 1.82) is 0 Å². The topological polar surface area (TPSA) is 128 Å². The first-order valence-electron chi connectivity index (χ1n) is 18.1. The highest BCUT2D eigenvalue weighted by atomic mass is 19.4. The highest BCUT2D eigenvalue weighted by Crippen LogP contribution is 2.41. The second kappa shape index (κ2) is 16.3. The van der Waals surface area contributed by atoms with Crippen molar-refractivity contribution in [3.63, 3.8) is 0 Å². The van der Waals surface area contributed by atoms with Crippen molar-refractivity contribution < 1.29 is 36.7 Å². The molecule has 0 aliphatic carbocycles. The van der Waals surface area contributed by atoms with Gasteiger partial charge in [0.05, 0.1) is 34.3 Å². The molecule has 2 aliphatic rings. The molecule has 0 bridgehead atoms. The average Bonchev–Trinajstić information content (AvgIpc) is 3.13. The van der Waals surface area contributed by atoms with Crippen LogP contribution in [0.1, 0.15) is 71.6 Å². The number of ether oxygens (including phenoxy) is 1. The Morgan fingerprint density at radius 3 is 2.40 bits per heavy atom. The number of piperidine rings is 1. The number of aromatic nitrogens is 1. The van der Waals surface area contributed by atoms with E-state index in [0.717, 1.165) is 43.3 Å². The average molecular weight is 762 g/mol. The molecule has 2 aliphatic heterocycles. The normalized spacial score (nSPS) is 15.5. The SMILES string of the molecule is CNC(=O)c1ccccc1Nc1cc(Nc2cc(C)c(C3CCN(Cc4ccc(N5CCC(=O)NC5=O)cc4F)CC3)cc2OC(C)C)ncc1C(F)(F)F. The van der Waals surface area contributed by atoms with E-state index in [9.17, 15) is 27.6 Å². The van der Waals surface area contributed by atoms with Crippen LogP contribution in [0.15, 0.2) is 66.9 Å². The van der Waals surface area contributed by atoms with Gasteiger partial charge in [-0.05, 0) is 100 Å². The number of anilines is 5. The lowest BCUT2D eigenvalue weighted by atomic mass is 9.86. The molecule has 0 atom stereocenters. The number of nitrogens with zero attached hydrogens (tertiary/aromatic N) is 3. The number of carbonyl (C=O) groups excluding carboxylic acids is 3. The number of aryl methyl sites for hydroxylation is 1. The zero-order valence-electron chi connectivity index (χ0n) is 30.9. The van der Waals surface area contributed by atoms with Crippen LogP contribution in [0.25, 0.3) is 0 Å². The largest absolute Gasteiger partial charge is 0.489 e. The number of rotatable bonds is 11. The maximum Gasteiger partial charge on any atom is 0.419 e. The second-order valence-electron chi connectivity index (χ2n) is 13.9. The molecule has 55 heavy (non-hydrogen) atoms. The summed E-state index contributed by atoms with van der Waals surface area (Å²) in [4.78, 5) is 43.8. The Balaban J connectivity index is 1.18. The van der Waals surface area contributed by atoms with Crippen LogP contribution in [0.2, 0.25) is 0 Å². The molecule has 3 aromatic carbocycles. The fourth-order valence-electron chi connectivity index (χ4n) is 6.94.